The van der Waals surface area contributed by atoms with E-state index in [1.807, 2.05) is 6.92 Å². The van der Waals surface area contributed by atoms with Crippen molar-refractivity contribution in [1.82, 2.24) is 9.80 Å². The lowest BCUT2D eigenvalue weighted by Crippen LogP contribution is -2.39. The molecule has 1 aliphatic rings. The number of benzene rings is 1. The highest BCUT2D eigenvalue weighted by Crippen LogP contribution is 2.17. The van der Waals surface area contributed by atoms with E-state index in [1.165, 1.54) is 6.92 Å². The molecule has 1 aromatic carbocycles. The molecule has 25 heavy (non-hydrogen) atoms. The summed E-state index contributed by atoms with van der Waals surface area (Å²) >= 11 is 0. The van der Waals surface area contributed by atoms with Crippen molar-refractivity contribution in [3.05, 3.63) is 29.8 Å². The van der Waals surface area contributed by atoms with E-state index in [0.29, 0.717) is 16.9 Å². The van der Waals surface area contributed by atoms with E-state index in [9.17, 15) is 24.0 Å². The fourth-order valence-corrected chi connectivity index (χ4v) is 2.44. The molecule has 8 nitrogen and oxygen atoms in total. The summed E-state index contributed by atoms with van der Waals surface area (Å²) in [6.45, 7) is 2.82. The van der Waals surface area contributed by atoms with Crippen LogP contribution in [0.4, 0.5) is 10.5 Å². The summed E-state index contributed by atoms with van der Waals surface area (Å²) in [5.41, 5.74) is 0.601. The maximum Gasteiger partial charge on any atom is 0.334 e. The topological polar surface area (TPSA) is 104 Å². The van der Waals surface area contributed by atoms with E-state index >= 15 is 0 Å². The Bertz CT molecular complexity index is 744. The number of nitrogens with one attached hydrogen (secondary N) is 1. The van der Waals surface area contributed by atoms with Crippen LogP contribution in [0.5, 0.6) is 0 Å². The lowest BCUT2D eigenvalue weighted by Gasteiger charge is -2.15. The molecule has 1 saturated heterocycles. The van der Waals surface area contributed by atoms with Crippen molar-refractivity contribution in [2.75, 3.05) is 18.4 Å². The lowest BCUT2D eigenvalue weighted by molar-refractivity contribution is -0.143. The lowest BCUT2D eigenvalue weighted by atomic mass is 10.1. The number of carbonyl (C=O) groups is 5. The summed E-state index contributed by atoms with van der Waals surface area (Å²) in [5, 5.41) is 2.50. The molecule has 1 N–H and O–H groups in total. The Kier molecular flexibility index (Phi) is 5.63. The van der Waals surface area contributed by atoms with Crippen LogP contribution >= 0.6 is 0 Å². The average Bonchev–Trinajstić information content (AvgIpc) is 2.77. The van der Waals surface area contributed by atoms with Gasteiger partial charge in [-0.15, -0.1) is 0 Å². The number of amides is 5. The molecule has 0 aliphatic carbocycles. The van der Waals surface area contributed by atoms with Gasteiger partial charge in [-0.3, -0.25) is 24.1 Å². The maximum atomic E-state index is 12.2. The highest BCUT2D eigenvalue weighted by molar-refractivity contribution is 6.45. The molecule has 0 saturated carbocycles. The van der Waals surface area contributed by atoms with Gasteiger partial charge in [0.15, 0.2) is 5.78 Å². The van der Waals surface area contributed by atoms with Gasteiger partial charge in [-0.05, 0) is 25.5 Å². The zero-order chi connectivity index (χ0) is 18.6. The van der Waals surface area contributed by atoms with Gasteiger partial charge in [0.25, 0.3) is 0 Å². The van der Waals surface area contributed by atoms with Crippen LogP contribution in [0.2, 0.25) is 0 Å². The Labute approximate surface area is 144 Å². The highest BCUT2D eigenvalue weighted by atomic mass is 16.2. The number of imide groups is 2. The summed E-state index contributed by atoms with van der Waals surface area (Å²) < 4.78 is 0. The van der Waals surface area contributed by atoms with Crippen LogP contribution in [-0.4, -0.2) is 52.4 Å². The van der Waals surface area contributed by atoms with Crippen LogP contribution in [0.3, 0.4) is 0 Å². The van der Waals surface area contributed by atoms with Gasteiger partial charge in [-0.25, -0.2) is 9.69 Å². The molecule has 0 bridgehead atoms. The van der Waals surface area contributed by atoms with Gasteiger partial charge in [0.2, 0.25) is 5.91 Å². The van der Waals surface area contributed by atoms with Gasteiger partial charge in [0.05, 0.1) is 5.69 Å². The first-order valence-corrected chi connectivity index (χ1v) is 7.94. The third-order valence-electron chi connectivity index (χ3n) is 3.75. The van der Waals surface area contributed by atoms with E-state index < -0.39 is 30.3 Å². The van der Waals surface area contributed by atoms with Crippen LogP contribution in [0.15, 0.2) is 24.3 Å². The van der Waals surface area contributed by atoms with Crippen LogP contribution in [0.25, 0.3) is 0 Å². The van der Waals surface area contributed by atoms with E-state index in [4.69, 9.17) is 0 Å². The molecule has 1 heterocycles. The molecular formula is C17H19N3O5. The normalized spacial score (nSPS) is 14.2. The van der Waals surface area contributed by atoms with Gasteiger partial charge < -0.3 is 5.32 Å². The molecule has 0 atom stereocenters. The maximum absolute atomic E-state index is 12.2. The van der Waals surface area contributed by atoms with Crippen molar-refractivity contribution >= 4 is 35.2 Å². The second-order valence-corrected chi connectivity index (χ2v) is 5.63. The summed E-state index contributed by atoms with van der Waals surface area (Å²) in [4.78, 5) is 61.1. The molecule has 5 amide bonds. The van der Waals surface area contributed by atoms with Crippen molar-refractivity contribution in [3.63, 3.8) is 0 Å². The number of anilines is 1. The fourth-order valence-electron chi connectivity index (χ4n) is 2.44. The number of hydrogen-bond acceptors (Lipinski definition) is 5. The third-order valence-corrected chi connectivity index (χ3v) is 3.75. The van der Waals surface area contributed by atoms with Crippen LogP contribution in [0.1, 0.15) is 37.0 Å². The second kappa shape index (κ2) is 7.69. The Balaban J connectivity index is 2.08. The van der Waals surface area contributed by atoms with Crippen molar-refractivity contribution in [1.29, 1.82) is 0 Å². The molecule has 132 valence electrons. The second-order valence-electron chi connectivity index (χ2n) is 5.63. The summed E-state index contributed by atoms with van der Waals surface area (Å²) in [6, 6.07) is 5.61. The first-order chi connectivity index (χ1) is 11.9. The number of para-hydroxylation sites is 1. The number of hydrogen-bond donors (Lipinski definition) is 1. The van der Waals surface area contributed by atoms with E-state index in [-0.39, 0.29) is 18.0 Å². The number of urea groups is 1. The van der Waals surface area contributed by atoms with Crippen molar-refractivity contribution < 1.29 is 24.0 Å². The van der Waals surface area contributed by atoms with Crippen molar-refractivity contribution in [2.24, 2.45) is 0 Å². The molecule has 0 unspecified atom stereocenters. The Morgan fingerprint density at radius 1 is 1.04 bits per heavy atom. The van der Waals surface area contributed by atoms with E-state index in [1.54, 1.807) is 24.3 Å². The summed E-state index contributed by atoms with van der Waals surface area (Å²) in [5.74, 6) is -2.84. The Hall–Kier alpha value is -3.03. The zero-order valence-electron chi connectivity index (χ0n) is 14.1. The molecule has 2 rings (SSSR count). The first kappa shape index (κ1) is 18.3. The number of Topliss-reactive ketones (excluding diaryl/α,β-unsaturated/α-hetero) is 1. The summed E-state index contributed by atoms with van der Waals surface area (Å²) in [7, 11) is 0. The predicted octanol–water partition coefficient (Wildman–Crippen LogP) is 1.42. The molecule has 1 aromatic rings. The first-order valence-electron chi connectivity index (χ1n) is 7.94. The fraction of sp³-hybridized carbons (Fsp3) is 0.353. The molecule has 0 spiro atoms. The number of unbranched alkanes of at least 4 members (excludes halogenated alkanes) is 1. The van der Waals surface area contributed by atoms with Crippen molar-refractivity contribution in [2.45, 2.75) is 26.7 Å². The van der Waals surface area contributed by atoms with Crippen LogP contribution < -0.4 is 5.32 Å². The minimum atomic E-state index is -1.02. The SMILES string of the molecule is CCCCN1C(=O)C(=O)N(CC(=O)Nc2ccccc2C(C)=O)C1=O. The average molecular weight is 345 g/mol. The molecular weight excluding hydrogens is 326 g/mol. The number of carbonyl (C=O) groups excluding carboxylic acids is 5. The van der Waals surface area contributed by atoms with Gasteiger partial charge in [-0.1, -0.05) is 25.5 Å². The van der Waals surface area contributed by atoms with E-state index in [0.717, 1.165) is 11.3 Å². The van der Waals surface area contributed by atoms with E-state index in [2.05, 4.69) is 5.32 Å². The molecule has 1 fully saturated rings. The highest BCUT2D eigenvalue weighted by Gasteiger charge is 2.44. The number of rotatable bonds is 7. The third kappa shape index (κ3) is 3.90. The van der Waals surface area contributed by atoms with Crippen LogP contribution in [0, 0.1) is 0 Å². The smallest absolute Gasteiger partial charge is 0.324 e. The standard InChI is InChI=1S/C17H19N3O5/c1-3-4-9-19-15(23)16(24)20(17(19)25)10-14(22)18-13-8-6-5-7-12(13)11(2)21/h5-8H,3-4,9-10H2,1-2H3,(H,18,22). The minimum absolute atomic E-state index is 0.144. The van der Waals surface area contributed by atoms with Crippen molar-refractivity contribution in [3.8, 4) is 0 Å². The monoisotopic (exact) mass is 345 g/mol. The number of ketones is 1. The molecule has 0 radical (unpaired) electrons. The van der Waals surface area contributed by atoms with Gasteiger partial charge in [0.1, 0.15) is 6.54 Å². The quantitative estimate of drug-likeness (QED) is 0.457. The predicted molar refractivity (Wildman–Crippen MR) is 88.8 cm³/mol. The molecule has 0 aromatic heterocycles. The van der Waals surface area contributed by atoms with Gasteiger partial charge >= 0.3 is 17.8 Å². The van der Waals surface area contributed by atoms with Gasteiger partial charge in [-0.2, -0.15) is 0 Å². The Morgan fingerprint density at radius 2 is 1.68 bits per heavy atom. The number of nitrogens with zero attached hydrogens (tertiary/aromatic N) is 2. The summed E-state index contributed by atoms with van der Waals surface area (Å²) in [6.07, 6.45) is 1.34. The Morgan fingerprint density at radius 3 is 2.32 bits per heavy atom. The van der Waals surface area contributed by atoms with Gasteiger partial charge in [0, 0.05) is 12.1 Å². The largest absolute Gasteiger partial charge is 0.334 e. The van der Waals surface area contributed by atoms with Crippen LogP contribution in [-0.2, 0) is 14.4 Å². The molecule has 8 heteroatoms. The minimum Gasteiger partial charge on any atom is -0.324 e. The zero-order valence-corrected chi connectivity index (χ0v) is 14.1. The molecule has 1 aliphatic heterocycles.